The molecule has 9 aromatic rings. The number of nitrogens with zero attached hydrogens (tertiary/aromatic N) is 1. The van der Waals surface area contributed by atoms with Crippen LogP contribution in [0.5, 0.6) is 0 Å². The molecule has 11 rings (SSSR count). The summed E-state index contributed by atoms with van der Waals surface area (Å²) in [6, 6.07) is 61.0. The van der Waals surface area contributed by atoms with Crippen molar-refractivity contribution in [2.75, 3.05) is 0 Å². The van der Waals surface area contributed by atoms with Gasteiger partial charge in [-0.25, -0.2) is 0 Å². The highest BCUT2D eigenvalue weighted by Crippen LogP contribution is 2.51. The average Bonchev–Trinajstić information content (AvgIpc) is 3.70. The molecule has 2 aliphatic carbocycles. The van der Waals surface area contributed by atoms with E-state index in [1.807, 2.05) is 13.8 Å². The van der Waals surface area contributed by atoms with E-state index in [0.29, 0.717) is 0 Å². The molecule has 1 heterocycles. The summed E-state index contributed by atoms with van der Waals surface area (Å²) < 4.78 is 2.46. The Morgan fingerprint density at radius 1 is 0.474 bits per heavy atom. The molecular weight excluding hydrogens is 707 g/mol. The molecule has 8 aromatic carbocycles. The number of para-hydroxylation sites is 1. The van der Waals surface area contributed by atoms with Gasteiger partial charge in [-0.2, -0.15) is 13.5 Å². The maximum atomic E-state index is 2.47. The van der Waals surface area contributed by atoms with E-state index in [1.165, 1.54) is 105 Å². The number of aromatic nitrogens is 1. The zero-order valence-electron chi connectivity index (χ0n) is 33.1. The molecule has 1 aromatic heterocycles. The fourth-order valence-electron chi connectivity index (χ4n) is 9.73. The predicted octanol–water partition coefficient (Wildman–Crippen LogP) is 15.3. The third-order valence-electron chi connectivity index (χ3n) is 12.2. The monoisotopic (exact) mass is 753 g/mol. The van der Waals surface area contributed by atoms with E-state index >= 15 is 0 Å². The van der Waals surface area contributed by atoms with Gasteiger partial charge < -0.3 is 4.57 Å². The molecular formula is C55H47NS. The second-order valence-corrected chi connectivity index (χ2v) is 15.6. The summed E-state index contributed by atoms with van der Waals surface area (Å²) in [5.74, 6) is 0. The Kier molecular flexibility index (Phi) is 9.26. The molecule has 0 radical (unpaired) electrons. The standard InChI is InChI=1S/C53H39N.C2H6.H2S/c1-53(2)47-27-14-13-22-39(47)44-32-46-45-31-36(28-29-49(45)54(50(46)33-48(44)53)38-20-7-4-8-21-38)35-18-15-19-37(30-35)52-42-25-11-9-23-40(42)51(34-16-5-3-6-17-34)41-24-10-12-26-43(41)52;1-2;/h3-9,11-23,25-33H,10,24H2,1-2H3;1-2H3;1H2. The Hall–Kier alpha value is -6.09. The van der Waals surface area contributed by atoms with Crippen molar-refractivity contribution in [3.05, 3.63) is 192 Å². The van der Waals surface area contributed by atoms with Gasteiger partial charge in [-0.3, -0.25) is 0 Å². The van der Waals surface area contributed by atoms with Crippen LogP contribution in [0.2, 0.25) is 0 Å². The smallest absolute Gasteiger partial charge is 0.0544 e. The maximum absolute atomic E-state index is 2.47. The van der Waals surface area contributed by atoms with Crippen LogP contribution < -0.4 is 0 Å². The lowest BCUT2D eigenvalue weighted by atomic mass is 9.80. The highest BCUT2D eigenvalue weighted by atomic mass is 32.1. The van der Waals surface area contributed by atoms with Crippen LogP contribution in [0, 0.1) is 0 Å². The molecule has 2 aliphatic rings. The quantitative estimate of drug-likeness (QED) is 0.169. The lowest BCUT2D eigenvalue weighted by Gasteiger charge is -2.24. The van der Waals surface area contributed by atoms with Gasteiger partial charge in [-0.05, 0) is 133 Å². The number of allylic oxidation sites excluding steroid dienone is 1. The molecule has 0 bridgehead atoms. The van der Waals surface area contributed by atoms with Gasteiger partial charge >= 0.3 is 0 Å². The average molecular weight is 754 g/mol. The topological polar surface area (TPSA) is 4.93 Å². The van der Waals surface area contributed by atoms with Gasteiger partial charge in [0.05, 0.1) is 11.0 Å². The zero-order valence-corrected chi connectivity index (χ0v) is 34.1. The molecule has 57 heavy (non-hydrogen) atoms. The van der Waals surface area contributed by atoms with E-state index in [0.717, 1.165) is 12.8 Å². The van der Waals surface area contributed by atoms with Crippen LogP contribution in [0.15, 0.2) is 170 Å². The van der Waals surface area contributed by atoms with Crippen molar-refractivity contribution in [2.45, 2.75) is 46.0 Å². The first-order chi connectivity index (χ1) is 27.6. The van der Waals surface area contributed by atoms with E-state index in [9.17, 15) is 0 Å². The molecule has 0 N–H and O–H groups in total. The van der Waals surface area contributed by atoms with Crippen molar-refractivity contribution in [1.82, 2.24) is 4.57 Å². The maximum Gasteiger partial charge on any atom is 0.0544 e. The fourth-order valence-corrected chi connectivity index (χ4v) is 9.73. The minimum Gasteiger partial charge on any atom is -0.309 e. The number of hydrogen-bond donors (Lipinski definition) is 0. The van der Waals surface area contributed by atoms with Crippen molar-refractivity contribution in [2.24, 2.45) is 0 Å². The van der Waals surface area contributed by atoms with Crippen molar-refractivity contribution >= 4 is 52.2 Å². The van der Waals surface area contributed by atoms with Crippen molar-refractivity contribution in [1.29, 1.82) is 0 Å². The first-order valence-corrected chi connectivity index (χ1v) is 20.2. The summed E-state index contributed by atoms with van der Waals surface area (Å²) in [5.41, 5.74) is 19.6. The SMILES string of the molecule is CC.CC1(C)c2ccccc2-c2cc3c4cc(-c5cccc(-c6c7c(c(-c8ccccc8)c8ccccc68)CCC=C7)c5)ccc4n(-c4ccccc4)c3cc21.S. The van der Waals surface area contributed by atoms with Crippen LogP contribution in [0.25, 0.3) is 88.8 Å². The first kappa shape index (κ1) is 36.5. The molecule has 0 spiro atoms. The second kappa shape index (κ2) is 14.4. The van der Waals surface area contributed by atoms with Crippen LogP contribution in [0.4, 0.5) is 0 Å². The van der Waals surface area contributed by atoms with Gasteiger partial charge in [0, 0.05) is 21.9 Å². The largest absolute Gasteiger partial charge is 0.309 e. The number of benzene rings is 8. The van der Waals surface area contributed by atoms with Gasteiger partial charge in [-0.1, -0.05) is 161 Å². The normalized spacial score (nSPS) is 13.4. The molecule has 0 unspecified atom stereocenters. The van der Waals surface area contributed by atoms with Gasteiger partial charge in [0.15, 0.2) is 0 Å². The lowest BCUT2D eigenvalue weighted by molar-refractivity contribution is 0.661. The Morgan fingerprint density at radius 2 is 1.11 bits per heavy atom. The zero-order chi connectivity index (χ0) is 38.0. The molecule has 2 heteroatoms. The summed E-state index contributed by atoms with van der Waals surface area (Å²) in [7, 11) is 0. The molecule has 0 atom stereocenters. The van der Waals surface area contributed by atoms with Crippen LogP contribution in [-0.4, -0.2) is 4.57 Å². The molecule has 1 nitrogen and oxygen atoms in total. The molecule has 0 aliphatic heterocycles. The molecule has 0 amide bonds. The highest BCUT2D eigenvalue weighted by molar-refractivity contribution is 7.59. The van der Waals surface area contributed by atoms with Crippen molar-refractivity contribution < 1.29 is 0 Å². The molecule has 0 saturated heterocycles. The number of hydrogen-bond acceptors (Lipinski definition) is 0. The predicted molar refractivity (Wildman–Crippen MR) is 251 cm³/mol. The van der Waals surface area contributed by atoms with E-state index in [2.05, 4.69) is 194 Å². The lowest BCUT2D eigenvalue weighted by Crippen LogP contribution is -2.14. The summed E-state index contributed by atoms with van der Waals surface area (Å²) in [5, 5.41) is 5.20. The minimum absolute atomic E-state index is 0. The number of fused-ring (bicyclic) bond motifs is 8. The summed E-state index contributed by atoms with van der Waals surface area (Å²) in [6.07, 6.45) is 6.84. The highest BCUT2D eigenvalue weighted by Gasteiger charge is 2.36. The third-order valence-corrected chi connectivity index (χ3v) is 12.2. The fraction of sp³-hybridized carbons (Fsp3) is 0.127. The van der Waals surface area contributed by atoms with Gasteiger partial charge in [0.1, 0.15) is 0 Å². The van der Waals surface area contributed by atoms with Crippen LogP contribution in [-0.2, 0) is 11.8 Å². The van der Waals surface area contributed by atoms with Crippen LogP contribution in [0.3, 0.4) is 0 Å². The molecule has 0 saturated carbocycles. The Bertz CT molecular complexity index is 3000. The molecule has 278 valence electrons. The Labute approximate surface area is 343 Å². The summed E-state index contributed by atoms with van der Waals surface area (Å²) in [4.78, 5) is 0. The second-order valence-electron chi connectivity index (χ2n) is 15.6. The van der Waals surface area contributed by atoms with Crippen molar-refractivity contribution in [3.63, 3.8) is 0 Å². The van der Waals surface area contributed by atoms with E-state index in [1.54, 1.807) is 0 Å². The van der Waals surface area contributed by atoms with E-state index < -0.39 is 0 Å². The number of rotatable bonds is 4. The Morgan fingerprint density at radius 3 is 1.89 bits per heavy atom. The summed E-state index contributed by atoms with van der Waals surface area (Å²) in [6.45, 7) is 8.74. The van der Waals surface area contributed by atoms with Crippen LogP contribution in [0.1, 0.15) is 56.4 Å². The molecule has 0 fully saturated rings. The van der Waals surface area contributed by atoms with Crippen LogP contribution >= 0.6 is 13.5 Å². The minimum atomic E-state index is -0.0679. The van der Waals surface area contributed by atoms with Gasteiger partial charge in [0.2, 0.25) is 0 Å². The third kappa shape index (κ3) is 5.69. The van der Waals surface area contributed by atoms with Crippen molar-refractivity contribution in [3.8, 4) is 50.2 Å². The Balaban J connectivity index is 0.00000139. The van der Waals surface area contributed by atoms with E-state index in [4.69, 9.17) is 0 Å². The summed E-state index contributed by atoms with van der Waals surface area (Å²) >= 11 is 0. The van der Waals surface area contributed by atoms with Gasteiger partial charge in [0.25, 0.3) is 0 Å². The first-order valence-electron chi connectivity index (χ1n) is 20.2. The van der Waals surface area contributed by atoms with Gasteiger partial charge in [-0.15, -0.1) is 0 Å². The van der Waals surface area contributed by atoms with E-state index in [-0.39, 0.29) is 18.9 Å².